The smallest absolute Gasteiger partial charge is 0.180 e. The molecule has 0 unspecified atom stereocenters. The highest BCUT2D eigenvalue weighted by molar-refractivity contribution is 6.01. The van der Waals surface area contributed by atoms with Crippen molar-refractivity contribution in [2.75, 3.05) is 0 Å². The van der Waals surface area contributed by atoms with Crippen molar-refractivity contribution in [2.24, 2.45) is 7.05 Å². The largest absolute Gasteiger partial charge is 0.349 e. The number of imidazole rings is 1. The number of hydrogen-bond acceptors (Lipinski definition) is 5. The molecule has 27 heavy (non-hydrogen) atoms. The minimum absolute atomic E-state index is 0.577. The summed E-state index contributed by atoms with van der Waals surface area (Å²) in [6.45, 7) is 3.95. The van der Waals surface area contributed by atoms with Crippen LogP contribution in [0.15, 0.2) is 43.0 Å². The van der Waals surface area contributed by atoms with E-state index in [-0.39, 0.29) is 0 Å². The molecule has 0 aliphatic heterocycles. The molecule has 0 radical (unpaired) electrons. The van der Waals surface area contributed by atoms with E-state index in [1.165, 1.54) is 0 Å². The third kappa shape index (κ3) is 2.47. The molecule has 0 aromatic carbocycles. The lowest BCUT2D eigenvalue weighted by molar-refractivity contribution is 0.964. The summed E-state index contributed by atoms with van der Waals surface area (Å²) in [5.41, 5.74) is 6.91. The molecule has 0 spiro atoms. The Hall–Kier alpha value is -3.61. The van der Waals surface area contributed by atoms with Crippen LogP contribution in [-0.2, 0) is 7.05 Å². The average Bonchev–Trinajstić information content (AvgIpc) is 3.25. The van der Waals surface area contributed by atoms with Crippen molar-refractivity contribution in [1.82, 2.24) is 34.5 Å². The van der Waals surface area contributed by atoms with Gasteiger partial charge in [-0.25, -0.2) is 19.9 Å². The standard InChI is InChI=1S/C20H17N7/c1-11-5-4-6-15(24-11)19-25-17(18-20(26-19)23-10-22-18)14-9-27(3)16-8-21-12(2)7-13(14)16/h4-10H,1-3H3,(H,22,23,25,26). The summed E-state index contributed by atoms with van der Waals surface area (Å²) >= 11 is 0. The van der Waals surface area contributed by atoms with Crippen LogP contribution in [0.5, 0.6) is 0 Å². The molecular formula is C20H17N7. The summed E-state index contributed by atoms with van der Waals surface area (Å²) < 4.78 is 2.06. The maximum atomic E-state index is 4.86. The van der Waals surface area contributed by atoms with Gasteiger partial charge in [-0.05, 0) is 32.0 Å². The molecule has 0 saturated heterocycles. The number of hydrogen-bond donors (Lipinski definition) is 1. The first-order valence-corrected chi connectivity index (χ1v) is 8.67. The maximum Gasteiger partial charge on any atom is 0.180 e. The van der Waals surface area contributed by atoms with Gasteiger partial charge < -0.3 is 9.55 Å². The number of aryl methyl sites for hydroxylation is 3. The zero-order valence-corrected chi connectivity index (χ0v) is 15.2. The van der Waals surface area contributed by atoms with Crippen LogP contribution in [-0.4, -0.2) is 34.5 Å². The first-order valence-electron chi connectivity index (χ1n) is 8.67. The van der Waals surface area contributed by atoms with Gasteiger partial charge in [0.15, 0.2) is 11.5 Å². The summed E-state index contributed by atoms with van der Waals surface area (Å²) in [5.74, 6) is 0.577. The molecule has 0 fully saturated rings. The Labute approximate surface area is 155 Å². The first-order chi connectivity index (χ1) is 13.1. The minimum Gasteiger partial charge on any atom is -0.349 e. The van der Waals surface area contributed by atoms with Crippen molar-refractivity contribution < 1.29 is 0 Å². The van der Waals surface area contributed by atoms with Gasteiger partial charge in [0.25, 0.3) is 0 Å². The molecule has 0 bridgehead atoms. The number of nitrogens with one attached hydrogen (secondary N) is 1. The Morgan fingerprint density at radius 1 is 1.00 bits per heavy atom. The average molecular weight is 355 g/mol. The third-order valence-electron chi connectivity index (χ3n) is 4.66. The Balaban J connectivity index is 1.84. The molecule has 5 aromatic heterocycles. The number of rotatable bonds is 2. The predicted molar refractivity (Wildman–Crippen MR) is 104 cm³/mol. The van der Waals surface area contributed by atoms with Gasteiger partial charge in [0, 0.05) is 35.6 Å². The highest BCUT2D eigenvalue weighted by Crippen LogP contribution is 2.33. The maximum absolute atomic E-state index is 4.86. The van der Waals surface area contributed by atoms with Crippen LogP contribution < -0.4 is 0 Å². The molecular weight excluding hydrogens is 338 g/mol. The monoisotopic (exact) mass is 355 g/mol. The molecule has 0 aliphatic rings. The first kappa shape index (κ1) is 15.6. The summed E-state index contributed by atoms with van der Waals surface area (Å²) in [7, 11) is 2.01. The van der Waals surface area contributed by atoms with Crippen molar-refractivity contribution in [3.05, 3.63) is 54.4 Å². The molecule has 7 heteroatoms. The summed E-state index contributed by atoms with van der Waals surface area (Å²) in [6.07, 6.45) is 5.60. The fourth-order valence-electron chi connectivity index (χ4n) is 3.38. The van der Waals surface area contributed by atoms with E-state index in [9.17, 15) is 0 Å². The molecule has 0 saturated carbocycles. The van der Waals surface area contributed by atoms with E-state index in [2.05, 4.69) is 41.8 Å². The Morgan fingerprint density at radius 3 is 2.74 bits per heavy atom. The van der Waals surface area contributed by atoms with Crippen LogP contribution in [0.2, 0.25) is 0 Å². The number of aromatic nitrogens is 7. The van der Waals surface area contributed by atoms with Gasteiger partial charge in [0.05, 0.1) is 18.0 Å². The quantitative estimate of drug-likeness (QED) is 0.523. The molecule has 5 rings (SSSR count). The lowest BCUT2D eigenvalue weighted by Gasteiger charge is -2.05. The second-order valence-corrected chi connectivity index (χ2v) is 6.66. The van der Waals surface area contributed by atoms with Gasteiger partial charge in [-0.2, -0.15) is 0 Å². The number of H-pyrrole nitrogens is 1. The van der Waals surface area contributed by atoms with E-state index in [1.54, 1.807) is 6.33 Å². The van der Waals surface area contributed by atoms with Crippen molar-refractivity contribution >= 4 is 22.1 Å². The van der Waals surface area contributed by atoms with Gasteiger partial charge in [-0.1, -0.05) is 6.07 Å². The Kier molecular flexibility index (Phi) is 3.30. The fourth-order valence-corrected chi connectivity index (χ4v) is 3.38. The number of aromatic amines is 1. The lowest BCUT2D eigenvalue weighted by atomic mass is 10.1. The second kappa shape index (κ2) is 5.70. The van der Waals surface area contributed by atoms with E-state index < -0.39 is 0 Å². The summed E-state index contributed by atoms with van der Waals surface area (Å²) in [5, 5.41) is 1.09. The van der Waals surface area contributed by atoms with Crippen LogP contribution in [0.25, 0.3) is 44.8 Å². The predicted octanol–water partition coefficient (Wildman–Crippen LogP) is 3.59. The topological polar surface area (TPSA) is 85.2 Å². The van der Waals surface area contributed by atoms with Crippen molar-refractivity contribution in [3.63, 3.8) is 0 Å². The number of pyridine rings is 2. The van der Waals surface area contributed by atoms with Crippen LogP contribution in [0.3, 0.4) is 0 Å². The SMILES string of the molecule is Cc1cc2c(-c3nc(-c4cccc(C)n4)nc4[nH]cnc34)cn(C)c2cn1. The molecule has 0 atom stereocenters. The van der Waals surface area contributed by atoms with E-state index in [1.807, 2.05) is 45.3 Å². The van der Waals surface area contributed by atoms with Gasteiger partial charge in [-0.15, -0.1) is 0 Å². The highest BCUT2D eigenvalue weighted by Gasteiger charge is 2.18. The number of nitrogens with zero attached hydrogens (tertiary/aromatic N) is 6. The van der Waals surface area contributed by atoms with E-state index in [0.29, 0.717) is 11.5 Å². The van der Waals surface area contributed by atoms with E-state index in [4.69, 9.17) is 4.98 Å². The molecule has 5 heterocycles. The van der Waals surface area contributed by atoms with Crippen molar-refractivity contribution in [2.45, 2.75) is 13.8 Å². The van der Waals surface area contributed by atoms with Crippen LogP contribution >= 0.6 is 0 Å². The highest BCUT2D eigenvalue weighted by atomic mass is 15.0. The molecule has 0 amide bonds. The third-order valence-corrected chi connectivity index (χ3v) is 4.66. The molecule has 0 aliphatic carbocycles. The van der Waals surface area contributed by atoms with Crippen molar-refractivity contribution in [3.8, 4) is 22.8 Å². The van der Waals surface area contributed by atoms with Crippen LogP contribution in [0.1, 0.15) is 11.4 Å². The summed E-state index contributed by atoms with van der Waals surface area (Å²) in [4.78, 5) is 26.0. The molecule has 5 aromatic rings. The van der Waals surface area contributed by atoms with E-state index in [0.717, 1.165) is 44.8 Å². The van der Waals surface area contributed by atoms with E-state index >= 15 is 0 Å². The zero-order chi connectivity index (χ0) is 18.5. The lowest BCUT2D eigenvalue weighted by Crippen LogP contribution is -1.97. The fraction of sp³-hybridized carbons (Fsp3) is 0.150. The Morgan fingerprint density at radius 2 is 1.89 bits per heavy atom. The normalized spacial score (nSPS) is 11.5. The summed E-state index contributed by atoms with van der Waals surface area (Å²) in [6, 6.07) is 7.92. The molecule has 132 valence electrons. The Bertz CT molecular complexity index is 1310. The van der Waals surface area contributed by atoms with Gasteiger partial charge in [0.1, 0.15) is 16.9 Å². The molecule has 7 nitrogen and oxygen atoms in total. The van der Waals surface area contributed by atoms with Gasteiger partial charge in [0.2, 0.25) is 0 Å². The second-order valence-electron chi connectivity index (χ2n) is 6.66. The minimum atomic E-state index is 0.577. The molecule has 1 N–H and O–H groups in total. The zero-order valence-electron chi connectivity index (χ0n) is 15.2. The van der Waals surface area contributed by atoms with Gasteiger partial charge >= 0.3 is 0 Å². The van der Waals surface area contributed by atoms with Crippen LogP contribution in [0, 0.1) is 13.8 Å². The van der Waals surface area contributed by atoms with Gasteiger partial charge in [-0.3, -0.25) is 4.98 Å². The van der Waals surface area contributed by atoms with Crippen LogP contribution in [0.4, 0.5) is 0 Å². The number of fused-ring (bicyclic) bond motifs is 2. The van der Waals surface area contributed by atoms with Crippen molar-refractivity contribution in [1.29, 1.82) is 0 Å².